The van der Waals surface area contributed by atoms with Crippen molar-refractivity contribution in [1.82, 2.24) is 14.7 Å². The van der Waals surface area contributed by atoms with Gasteiger partial charge in [-0.2, -0.15) is 0 Å². The SMILES string of the molecule is CCC(C)(CC)CN1CCC2(CC1)CC(N1CC3(CCN(C)CC3)C1)C2. The maximum atomic E-state index is 2.86. The van der Waals surface area contributed by atoms with E-state index in [9.17, 15) is 0 Å². The van der Waals surface area contributed by atoms with Gasteiger partial charge in [-0.1, -0.05) is 20.8 Å². The number of piperidine rings is 2. The van der Waals surface area contributed by atoms with Gasteiger partial charge in [0, 0.05) is 25.7 Å². The van der Waals surface area contributed by atoms with E-state index in [-0.39, 0.29) is 0 Å². The van der Waals surface area contributed by atoms with Crippen LogP contribution in [0.4, 0.5) is 0 Å². The lowest BCUT2D eigenvalue weighted by Gasteiger charge is -2.63. The third-order valence-corrected chi connectivity index (χ3v) is 9.21. The highest BCUT2D eigenvalue weighted by Gasteiger charge is 2.53. The van der Waals surface area contributed by atoms with Crippen molar-refractivity contribution in [1.29, 1.82) is 0 Å². The van der Waals surface area contributed by atoms with E-state index in [2.05, 4.69) is 42.5 Å². The Hall–Kier alpha value is -0.120. The normalized spacial score (nSPS) is 30.5. The van der Waals surface area contributed by atoms with Gasteiger partial charge in [0.2, 0.25) is 0 Å². The minimum Gasteiger partial charge on any atom is -0.306 e. The molecule has 0 amide bonds. The van der Waals surface area contributed by atoms with E-state index in [0.717, 1.165) is 11.5 Å². The van der Waals surface area contributed by atoms with Crippen LogP contribution in [-0.4, -0.2) is 73.6 Å². The van der Waals surface area contributed by atoms with Gasteiger partial charge in [-0.15, -0.1) is 0 Å². The number of likely N-dealkylation sites (tertiary alicyclic amines) is 3. The van der Waals surface area contributed by atoms with Gasteiger partial charge < -0.3 is 9.80 Å². The molecule has 150 valence electrons. The Morgan fingerprint density at radius 3 is 1.92 bits per heavy atom. The van der Waals surface area contributed by atoms with Gasteiger partial charge in [-0.3, -0.25) is 4.90 Å². The highest BCUT2D eigenvalue weighted by molar-refractivity contribution is 5.07. The molecule has 0 bridgehead atoms. The average Bonchev–Trinajstić information content (AvgIpc) is 2.60. The third kappa shape index (κ3) is 3.61. The second kappa shape index (κ2) is 7.04. The molecule has 1 saturated carbocycles. The second-order valence-corrected chi connectivity index (χ2v) is 11.1. The van der Waals surface area contributed by atoms with Crippen LogP contribution >= 0.6 is 0 Å². The zero-order valence-electron chi connectivity index (χ0n) is 18.0. The molecule has 3 nitrogen and oxygen atoms in total. The van der Waals surface area contributed by atoms with Crippen molar-refractivity contribution in [3.8, 4) is 0 Å². The molecule has 3 aliphatic heterocycles. The molecule has 4 fully saturated rings. The molecule has 0 aromatic rings. The van der Waals surface area contributed by atoms with E-state index >= 15 is 0 Å². The Kier molecular flexibility index (Phi) is 5.20. The van der Waals surface area contributed by atoms with Crippen molar-refractivity contribution >= 4 is 0 Å². The number of hydrogen-bond acceptors (Lipinski definition) is 3. The van der Waals surface area contributed by atoms with E-state index in [1.807, 2.05) is 0 Å². The molecule has 3 heteroatoms. The summed E-state index contributed by atoms with van der Waals surface area (Å²) in [5, 5.41) is 0. The molecule has 3 heterocycles. The maximum Gasteiger partial charge on any atom is 0.0106 e. The van der Waals surface area contributed by atoms with Crippen LogP contribution < -0.4 is 0 Å². The number of nitrogens with zero attached hydrogens (tertiary/aromatic N) is 3. The maximum absolute atomic E-state index is 2.86. The monoisotopic (exact) mass is 361 g/mol. The van der Waals surface area contributed by atoms with Crippen LogP contribution in [0.15, 0.2) is 0 Å². The molecule has 1 aliphatic carbocycles. The van der Waals surface area contributed by atoms with E-state index in [1.165, 1.54) is 97.2 Å². The summed E-state index contributed by atoms with van der Waals surface area (Å²) in [6.07, 6.45) is 11.5. The predicted octanol–water partition coefficient (Wildman–Crippen LogP) is 4.08. The molecule has 0 unspecified atom stereocenters. The summed E-state index contributed by atoms with van der Waals surface area (Å²) in [5.74, 6) is 0. The van der Waals surface area contributed by atoms with Crippen molar-refractivity contribution in [3.63, 3.8) is 0 Å². The van der Waals surface area contributed by atoms with E-state index in [4.69, 9.17) is 0 Å². The van der Waals surface area contributed by atoms with Gasteiger partial charge in [-0.05, 0) is 101 Å². The number of hydrogen-bond donors (Lipinski definition) is 0. The summed E-state index contributed by atoms with van der Waals surface area (Å²) < 4.78 is 0. The first-order valence-electron chi connectivity index (χ1n) is 11.5. The Morgan fingerprint density at radius 1 is 0.846 bits per heavy atom. The first-order chi connectivity index (χ1) is 12.4. The zero-order chi connectivity index (χ0) is 18.4. The van der Waals surface area contributed by atoms with Crippen molar-refractivity contribution < 1.29 is 0 Å². The van der Waals surface area contributed by atoms with Crippen molar-refractivity contribution in [2.75, 3.05) is 52.9 Å². The van der Waals surface area contributed by atoms with Crippen molar-refractivity contribution in [3.05, 3.63) is 0 Å². The average molecular weight is 362 g/mol. The lowest BCUT2D eigenvalue weighted by atomic mass is 9.58. The van der Waals surface area contributed by atoms with Gasteiger partial charge in [0.15, 0.2) is 0 Å². The number of rotatable bonds is 5. The molecule has 0 radical (unpaired) electrons. The highest BCUT2D eigenvalue weighted by Crippen LogP contribution is 2.54. The van der Waals surface area contributed by atoms with E-state index < -0.39 is 0 Å². The topological polar surface area (TPSA) is 9.72 Å². The van der Waals surface area contributed by atoms with Gasteiger partial charge in [-0.25, -0.2) is 0 Å². The molecule has 0 atom stereocenters. The lowest BCUT2D eigenvalue weighted by Crippen LogP contribution is -2.66. The minimum atomic E-state index is 0.534. The summed E-state index contributed by atoms with van der Waals surface area (Å²) in [4.78, 5) is 8.15. The fraction of sp³-hybridized carbons (Fsp3) is 1.00. The molecule has 0 aromatic heterocycles. The first kappa shape index (κ1) is 19.2. The van der Waals surface area contributed by atoms with Crippen LogP contribution in [0.3, 0.4) is 0 Å². The fourth-order valence-corrected chi connectivity index (χ4v) is 6.29. The fourth-order valence-electron chi connectivity index (χ4n) is 6.29. The smallest absolute Gasteiger partial charge is 0.0106 e. The molecule has 2 spiro atoms. The quantitative estimate of drug-likeness (QED) is 0.730. The molecular formula is C23H43N3. The summed E-state index contributed by atoms with van der Waals surface area (Å²) in [6.45, 7) is 16.8. The van der Waals surface area contributed by atoms with Gasteiger partial charge in [0.05, 0.1) is 0 Å². The van der Waals surface area contributed by atoms with Crippen LogP contribution in [0, 0.1) is 16.2 Å². The predicted molar refractivity (Wildman–Crippen MR) is 111 cm³/mol. The van der Waals surface area contributed by atoms with Gasteiger partial charge in [0.25, 0.3) is 0 Å². The van der Waals surface area contributed by atoms with Crippen LogP contribution in [0.1, 0.15) is 72.1 Å². The van der Waals surface area contributed by atoms with Crippen molar-refractivity contribution in [2.45, 2.75) is 78.2 Å². The summed E-state index contributed by atoms with van der Waals surface area (Å²) in [6, 6.07) is 0.934. The molecule has 26 heavy (non-hydrogen) atoms. The van der Waals surface area contributed by atoms with Gasteiger partial charge >= 0.3 is 0 Å². The summed E-state index contributed by atoms with van der Waals surface area (Å²) in [7, 11) is 2.29. The van der Waals surface area contributed by atoms with Crippen LogP contribution in [-0.2, 0) is 0 Å². The standard InChI is InChI=1S/C23H43N3/c1-5-21(3,6-2)17-25-13-9-22(10-14-25)15-20(16-22)26-18-23(19-26)7-11-24(4)12-8-23/h20H,5-19H2,1-4H3. The van der Waals surface area contributed by atoms with Crippen molar-refractivity contribution in [2.24, 2.45) is 16.2 Å². The third-order valence-electron chi connectivity index (χ3n) is 9.21. The van der Waals surface area contributed by atoms with Crippen LogP contribution in [0.2, 0.25) is 0 Å². The first-order valence-corrected chi connectivity index (χ1v) is 11.5. The molecule has 0 aromatic carbocycles. The second-order valence-electron chi connectivity index (χ2n) is 11.1. The Bertz CT molecular complexity index is 466. The summed E-state index contributed by atoms with van der Waals surface area (Å²) in [5.41, 5.74) is 1.97. The zero-order valence-corrected chi connectivity index (χ0v) is 18.0. The lowest BCUT2D eigenvalue weighted by molar-refractivity contribution is -0.128. The van der Waals surface area contributed by atoms with E-state index in [1.54, 1.807) is 0 Å². The molecule has 4 aliphatic rings. The van der Waals surface area contributed by atoms with Crippen LogP contribution in [0.25, 0.3) is 0 Å². The largest absolute Gasteiger partial charge is 0.306 e. The molecule has 4 rings (SSSR count). The Morgan fingerprint density at radius 2 is 1.38 bits per heavy atom. The van der Waals surface area contributed by atoms with Crippen LogP contribution in [0.5, 0.6) is 0 Å². The highest BCUT2D eigenvalue weighted by atomic mass is 15.3. The summed E-state index contributed by atoms with van der Waals surface area (Å²) >= 11 is 0. The van der Waals surface area contributed by atoms with Gasteiger partial charge in [0.1, 0.15) is 0 Å². The minimum absolute atomic E-state index is 0.534. The Labute approximate surface area is 162 Å². The molecular weight excluding hydrogens is 318 g/mol. The molecule has 0 N–H and O–H groups in total. The Balaban J connectivity index is 1.19. The van der Waals surface area contributed by atoms with E-state index in [0.29, 0.717) is 10.8 Å². The molecule has 3 saturated heterocycles.